The van der Waals surface area contributed by atoms with Crippen molar-refractivity contribution in [2.45, 2.75) is 6.42 Å². The number of amides is 3. The smallest absolute Gasteiger partial charge is 0.324 e. The maximum atomic E-state index is 10.8. The minimum Gasteiger partial charge on any atom is -0.329 e. The summed E-state index contributed by atoms with van der Waals surface area (Å²) >= 11 is 0. The lowest BCUT2D eigenvalue weighted by Crippen LogP contribution is -2.28. The van der Waals surface area contributed by atoms with E-state index in [-0.39, 0.29) is 12.5 Å². The van der Waals surface area contributed by atoms with Gasteiger partial charge in [0.2, 0.25) is 5.91 Å². The average Bonchev–Trinajstić information content (AvgIpc) is 2.29. The molecule has 1 fully saturated rings. The zero-order valence-electron chi connectivity index (χ0n) is 5.83. The Morgan fingerprint density at radius 1 is 1.73 bits per heavy atom. The topological polar surface area (TPSA) is 49.4 Å². The third-order valence-corrected chi connectivity index (χ3v) is 1.27. The summed E-state index contributed by atoms with van der Waals surface area (Å²) in [4.78, 5) is 22.6. The van der Waals surface area contributed by atoms with Crippen LogP contribution in [0.1, 0.15) is 6.42 Å². The third-order valence-electron chi connectivity index (χ3n) is 1.27. The van der Waals surface area contributed by atoms with Gasteiger partial charge in [0.25, 0.3) is 0 Å². The maximum absolute atomic E-state index is 10.8. The molecule has 1 N–H and O–H groups in total. The summed E-state index contributed by atoms with van der Waals surface area (Å²) in [7, 11) is 0. The minimum absolute atomic E-state index is 0.0693. The molecule has 0 spiro atoms. The van der Waals surface area contributed by atoms with Crippen molar-refractivity contribution in [1.29, 1.82) is 0 Å². The van der Waals surface area contributed by atoms with Crippen LogP contribution < -0.4 is 5.32 Å². The minimum atomic E-state index is -0.398. The van der Waals surface area contributed by atoms with Crippen LogP contribution in [0.15, 0.2) is 0 Å². The number of carbonyl (C=O) groups is 2. The Bertz CT molecular complexity index is 213. The van der Waals surface area contributed by atoms with E-state index >= 15 is 0 Å². The van der Waals surface area contributed by atoms with Crippen LogP contribution in [0.2, 0.25) is 0 Å². The molecule has 0 aliphatic carbocycles. The molecule has 11 heavy (non-hydrogen) atoms. The first-order valence-electron chi connectivity index (χ1n) is 3.12. The van der Waals surface area contributed by atoms with Gasteiger partial charge < -0.3 is 5.32 Å². The third kappa shape index (κ3) is 1.49. The predicted octanol–water partition coefficient (Wildman–Crippen LogP) is -0.277. The maximum Gasteiger partial charge on any atom is 0.324 e. The number of hydrogen-bond donors (Lipinski definition) is 1. The number of nitrogens with one attached hydrogen (secondary N) is 1. The Hall–Kier alpha value is -1.50. The highest BCUT2D eigenvalue weighted by molar-refractivity contribution is 6.02. The van der Waals surface area contributed by atoms with Gasteiger partial charge in [0.15, 0.2) is 0 Å². The molecule has 0 atom stereocenters. The van der Waals surface area contributed by atoms with Crippen molar-refractivity contribution in [3.63, 3.8) is 0 Å². The molecule has 1 heterocycles. The number of hydrogen-bond acceptors (Lipinski definition) is 2. The summed E-state index contributed by atoms with van der Waals surface area (Å²) < 4.78 is 0. The van der Waals surface area contributed by atoms with Gasteiger partial charge in [-0.3, -0.25) is 9.69 Å². The van der Waals surface area contributed by atoms with Crippen LogP contribution in [0, 0.1) is 18.9 Å². The number of urea groups is 1. The summed E-state index contributed by atoms with van der Waals surface area (Å²) in [5.74, 6) is 2.05. The van der Waals surface area contributed by atoms with Gasteiger partial charge >= 0.3 is 6.03 Å². The lowest BCUT2D eigenvalue weighted by Gasteiger charge is -2.07. The van der Waals surface area contributed by atoms with Gasteiger partial charge in [0.1, 0.15) is 0 Å². The summed E-state index contributed by atoms with van der Waals surface area (Å²) in [6.45, 7) is 1.46. The van der Waals surface area contributed by atoms with E-state index in [4.69, 9.17) is 6.42 Å². The fourth-order valence-electron chi connectivity index (χ4n) is 0.764. The molecule has 3 amide bonds. The van der Waals surface area contributed by atoms with Crippen LogP contribution in [0.4, 0.5) is 4.79 Å². The number of imide groups is 1. The van der Waals surface area contributed by atoms with Crippen LogP contribution >= 0.6 is 0 Å². The van der Waals surface area contributed by atoms with E-state index in [2.05, 4.69) is 11.2 Å². The van der Waals surface area contributed by atoms with Crippen LogP contribution in [0.3, 0.4) is 0 Å². The normalized spacial score (nSPS) is 16.5. The van der Waals surface area contributed by atoms with Gasteiger partial charge in [-0.2, -0.15) is 0 Å². The molecule has 0 bridgehead atoms. The molecular weight excluding hydrogens is 144 g/mol. The van der Waals surface area contributed by atoms with Crippen LogP contribution in [0.5, 0.6) is 0 Å². The van der Waals surface area contributed by atoms with E-state index in [1.807, 2.05) is 0 Å². The molecule has 4 heteroatoms. The fourth-order valence-corrected chi connectivity index (χ4v) is 0.764. The molecule has 57 valence electrons. The molecule has 4 nitrogen and oxygen atoms in total. The molecule has 0 aromatic heterocycles. The molecule has 1 radical (unpaired) electrons. The molecule has 1 aliphatic heterocycles. The second kappa shape index (κ2) is 3.06. The van der Waals surface area contributed by atoms with Crippen LogP contribution in [0.25, 0.3) is 0 Å². The summed E-state index contributed by atoms with van der Waals surface area (Å²) in [5, 5.41) is 2.37. The molecule has 0 saturated carbocycles. The van der Waals surface area contributed by atoms with Gasteiger partial charge in [-0.05, 0) is 0 Å². The Morgan fingerprint density at radius 3 is 2.91 bits per heavy atom. The van der Waals surface area contributed by atoms with Gasteiger partial charge in [0.05, 0.1) is 13.1 Å². The van der Waals surface area contributed by atoms with Crippen molar-refractivity contribution >= 4 is 11.9 Å². The van der Waals surface area contributed by atoms with Crippen molar-refractivity contribution in [3.8, 4) is 12.3 Å². The van der Waals surface area contributed by atoms with Gasteiger partial charge in [-0.25, -0.2) is 4.79 Å². The summed E-state index contributed by atoms with van der Waals surface area (Å²) in [5.41, 5.74) is 0. The van der Waals surface area contributed by atoms with Crippen molar-refractivity contribution < 1.29 is 9.59 Å². The lowest BCUT2D eigenvalue weighted by atomic mass is 10.4. The fraction of sp³-hybridized carbons (Fsp3) is 0.286. The molecule has 1 saturated heterocycles. The Labute approximate surface area is 64.6 Å². The van der Waals surface area contributed by atoms with Gasteiger partial charge in [-0.1, -0.05) is 0 Å². The first-order chi connectivity index (χ1) is 5.25. The second-order valence-corrected chi connectivity index (χ2v) is 2.01. The SMILES string of the molecule is C#CC[CH]N1C(=O)CNC1=O. The largest absolute Gasteiger partial charge is 0.329 e. The van der Waals surface area contributed by atoms with E-state index in [0.717, 1.165) is 4.90 Å². The van der Waals surface area contributed by atoms with Crippen molar-refractivity contribution in [2.24, 2.45) is 0 Å². The van der Waals surface area contributed by atoms with Crippen LogP contribution in [-0.2, 0) is 4.79 Å². The average molecular weight is 151 g/mol. The molecule has 0 unspecified atom stereocenters. The van der Waals surface area contributed by atoms with E-state index < -0.39 is 6.03 Å². The quantitative estimate of drug-likeness (QED) is 0.436. The highest BCUT2D eigenvalue weighted by atomic mass is 16.2. The zero-order valence-corrected chi connectivity index (χ0v) is 5.83. The number of terminal acetylenes is 1. The standard InChI is InChI=1S/C7H7N2O2/c1-2-3-4-9-6(10)5-8-7(9)11/h1,4H,3,5H2,(H,8,11). The summed E-state index contributed by atoms with van der Waals surface area (Å²) in [6.07, 6.45) is 5.24. The lowest BCUT2D eigenvalue weighted by molar-refractivity contribution is -0.123. The highest BCUT2D eigenvalue weighted by Gasteiger charge is 2.27. The first kappa shape index (κ1) is 7.61. The van der Waals surface area contributed by atoms with Crippen molar-refractivity contribution in [1.82, 2.24) is 10.2 Å². The Balaban J connectivity index is 2.49. The van der Waals surface area contributed by atoms with Crippen LogP contribution in [-0.4, -0.2) is 23.4 Å². The van der Waals surface area contributed by atoms with Gasteiger partial charge in [-0.15, -0.1) is 12.3 Å². The molecular formula is C7H7N2O2. The molecule has 1 rings (SSSR count). The molecule has 1 aliphatic rings. The number of carbonyl (C=O) groups excluding carboxylic acids is 2. The molecule has 0 aromatic rings. The number of rotatable bonds is 2. The van der Waals surface area contributed by atoms with E-state index in [1.165, 1.54) is 6.54 Å². The number of nitrogens with zero attached hydrogens (tertiary/aromatic N) is 1. The van der Waals surface area contributed by atoms with Gasteiger partial charge in [0, 0.05) is 6.42 Å². The Kier molecular flexibility index (Phi) is 2.12. The molecule has 0 aromatic carbocycles. The predicted molar refractivity (Wildman–Crippen MR) is 38.0 cm³/mol. The monoisotopic (exact) mass is 151 g/mol. The van der Waals surface area contributed by atoms with Crippen molar-refractivity contribution in [3.05, 3.63) is 6.54 Å². The van der Waals surface area contributed by atoms with E-state index in [0.29, 0.717) is 6.42 Å². The van der Waals surface area contributed by atoms with E-state index in [9.17, 15) is 9.59 Å². The zero-order chi connectivity index (χ0) is 8.27. The second-order valence-electron chi connectivity index (χ2n) is 2.01. The Morgan fingerprint density at radius 2 is 2.45 bits per heavy atom. The highest BCUT2D eigenvalue weighted by Crippen LogP contribution is 2.03. The van der Waals surface area contributed by atoms with E-state index in [1.54, 1.807) is 0 Å². The summed E-state index contributed by atoms with van der Waals surface area (Å²) in [6, 6.07) is -0.398. The first-order valence-corrected chi connectivity index (χ1v) is 3.12. The van der Waals surface area contributed by atoms with Crippen molar-refractivity contribution in [2.75, 3.05) is 6.54 Å².